The molecule has 0 aromatic heterocycles. The second-order valence-electron chi connectivity index (χ2n) is 4.86. The van der Waals surface area contributed by atoms with Gasteiger partial charge in [-0.2, -0.15) is 5.26 Å². The number of rotatable bonds is 8. The third-order valence-corrected chi connectivity index (χ3v) is 3.62. The Kier molecular flexibility index (Phi) is 6.55. The number of nitrogens with zero attached hydrogens (tertiary/aromatic N) is 2. The Morgan fingerprint density at radius 3 is 2.42 bits per heavy atom. The highest BCUT2D eigenvalue weighted by atomic mass is 15.2. The van der Waals surface area contributed by atoms with Crippen LogP contribution < -0.4 is 5.32 Å². The first-order valence-electron chi connectivity index (χ1n) is 7.10. The molecule has 3 heteroatoms. The van der Waals surface area contributed by atoms with Crippen LogP contribution in [0.15, 0.2) is 30.3 Å². The van der Waals surface area contributed by atoms with Crippen LogP contribution in [0.1, 0.15) is 32.3 Å². The SMILES string of the molecule is CCCCN(CC)CC(C#N)(NC)c1ccccc1. The molecule has 1 aromatic carbocycles. The van der Waals surface area contributed by atoms with Crippen LogP contribution in [-0.4, -0.2) is 31.6 Å². The predicted octanol–water partition coefficient (Wildman–Crippen LogP) is 2.75. The van der Waals surface area contributed by atoms with Crippen molar-refractivity contribution in [2.24, 2.45) is 0 Å². The first-order valence-corrected chi connectivity index (χ1v) is 7.10. The zero-order chi connectivity index (χ0) is 14.1. The van der Waals surface area contributed by atoms with Crippen LogP contribution in [0, 0.1) is 11.3 Å². The van der Waals surface area contributed by atoms with E-state index in [2.05, 4.69) is 30.1 Å². The summed E-state index contributed by atoms with van der Waals surface area (Å²) in [5, 5.41) is 12.9. The molecule has 0 radical (unpaired) electrons. The average Bonchev–Trinajstić information content (AvgIpc) is 2.49. The Morgan fingerprint density at radius 2 is 1.95 bits per heavy atom. The minimum absolute atomic E-state index is 0.620. The monoisotopic (exact) mass is 259 g/mol. The first-order chi connectivity index (χ1) is 9.22. The van der Waals surface area contributed by atoms with Crippen molar-refractivity contribution in [2.75, 3.05) is 26.7 Å². The number of likely N-dealkylation sites (N-methyl/N-ethyl adjacent to an activating group) is 2. The van der Waals surface area contributed by atoms with Crippen LogP contribution in [0.3, 0.4) is 0 Å². The standard InChI is InChI=1S/C16H25N3/c1-4-6-12-19(5-2)14-16(13-17,18-3)15-10-8-7-9-11-15/h7-11,18H,4-6,12,14H2,1-3H3. The Morgan fingerprint density at radius 1 is 1.26 bits per heavy atom. The number of nitrogens with one attached hydrogen (secondary N) is 1. The molecular weight excluding hydrogens is 234 g/mol. The van der Waals surface area contributed by atoms with Crippen LogP contribution >= 0.6 is 0 Å². The van der Waals surface area contributed by atoms with Gasteiger partial charge in [0.15, 0.2) is 0 Å². The topological polar surface area (TPSA) is 39.1 Å². The van der Waals surface area contributed by atoms with Crippen LogP contribution in [0.25, 0.3) is 0 Å². The molecule has 1 unspecified atom stereocenters. The molecule has 0 saturated heterocycles. The third-order valence-electron chi connectivity index (χ3n) is 3.62. The second-order valence-corrected chi connectivity index (χ2v) is 4.86. The summed E-state index contributed by atoms with van der Waals surface area (Å²) in [6, 6.07) is 12.5. The summed E-state index contributed by atoms with van der Waals surface area (Å²) >= 11 is 0. The zero-order valence-electron chi connectivity index (χ0n) is 12.3. The lowest BCUT2D eigenvalue weighted by molar-refractivity contribution is 0.223. The van der Waals surface area contributed by atoms with Gasteiger partial charge in [-0.1, -0.05) is 50.6 Å². The number of hydrogen-bond acceptors (Lipinski definition) is 3. The van der Waals surface area contributed by atoms with Gasteiger partial charge in [-0.3, -0.25) is 5.32 Å². The molecule has 0 fully saturated rings. The summed E-state index contributed by atoms with van der Waals surface area (Å²) in [6.45, 7) is 7.09. The highest BCUT2D eigenvalue weighted by Crippen LogP contribution is 2.21. The molecule has 1 rings (SSSR count). The van der Waals surface area contributed by atoms with Crippen LogP contribution in [0.2, 0.25) is 0 Å². The normalized spacial score (nSPS) is 14.1. The zero-order valence-corrected chi connectivity index (χ0v) is 12.3. The van der Waals surface area contributed by atoms with Gasteiger partial charge in [-0.25, -0.2) is 0 Å². The molecule has 1 N–H and O–H groups in total. The fraction of sp³-hybridized carbons (Fsp3) is 0.562. The van der Waals surface area contributed by atoms with Crippen molar-refractivity contribution in [3.63, 3.8) is 0 Å². The fourth-order valence-electron chi connectivity index (χ4n) is 2.26. The van der Waals surface area contributed by atoms with Gasteiger partial charge in [-0.15, -0.1) is 0 Å². The molecule has 0 aliphatic carbocycles. The quantitative estimate of drug-likeness (QED) is 0.780. The maximum atomic E-state index is 9.66. The first kappa shape index (κ1) is 15.7. The molecule has 0 aliphatic rings. The van der Waals surface area contributed by atoms with Gasteiger partial charge in [0.2, 0.25) is 0 Å². The number of unbranched alkanes of at least 4 members (excludes halogenated alkanes) is 1. The van der Waals surface area contributed by atoms with Crippen molar-refractivity contribution in [3.05, 3.63) is 35.9 Å². The van der Waals surface area contributed by atoms with E-state index in [1.807, 2.05) is 37.4 Å². The molecule has 3 nitrogen and oxygen atoms in total. The lowest BCUT2D eigenvalue weighted by Gasteiger charge is -2.33. The van der Waals surface area contributed by atoms with E-state index >= 15 is 0 Å². The van der Waals surface area contributed by atoms with Gasteiger partial charge in [0.25, 0.3) is 0 Å². The molecule has 0 heterocycles. The molecule has 1 atom stereocenters. The summed E-state index contributed by atoms with van der Waals surface area (Å²) < 4.78 is 0. The maximum Gasteiger partial charge on any atom is 0.144 e. The molecule has 1 aromatic rings. The van der Waals surface area contributed by atoms with Crippen LogP contribution in [0.5, 0.6) is 0 Å². The van der Waals surface area contributed by atoms with Crippen LogP contribution in [0.4, 0.5) is 0 Å². The molecule has 0 saturated carbocycles. The number of hydrogen-bond donors (Lipinski definition) is 1. The number of nitriles is 1. The van der Waals surface area contributed by atoms with Crippen molar-refractivity contribution >= 4 is 0 Å². The molecule has 104 valence electrons. The molecule has 0 spiro atoms. The van der Waals surface area contributed by atoms with Crippen molar-refractivity contribution in [2.45, 2.75) is 32.2 Å². The van der Waals surface area contributed by atoms with E-state index in [0.29, 0.717) is 0 Å². The summed E-state index contributed by atoms with van der Waals surface area (Å²) in [4.78, 5) is 2.34. The smallest absolute Gasteiger partial charge is 0.144 e. The molecule has 0 amide bonds. The Labute approximate surface area is 117 Å². The third kappa shape index (κ3) is 4.05. The molecule has 0 aliphatic heterocycles. The van der Waals surface area contributed by atoms with E-state index in [4.69, 9.17) is 0 Å². The second kappa shape index (κ2) is 7.93. The predicted molar refractivity (Wildman–Crippen MR) is 79.8 cm³/mol. The molecule has 19 heavy (non-hydrogen) atoms. The van der Waals surface area contributed by atoms with Gasteiger partial charge in [-0.05, 0) is 32.1 Å². The summed E-state index contributed by atoms with van der Waals surface area (Å²) in [6.07, 6.45) is 2.36. The van der Waals surface area contributed by atoms with Crippen LogP contribution in [-0.2, 0) is 5.54 Å². The van der Waals surface area contributed by atoms with E-state index in [1.54, 1.807) is 0 Å². The summed E-state index contributed by atoms with van der Waals surface area (Å²) in [5.41, 5.74) is 0.417. The van der Waals surface area contributed by atoms with Crippen molar-refractivity contribution < 1.29 is 0 Å². The Hall–Kier alpha value is -1.37. The summed E-state index contributed by atoms with van der Waals surface area (Å²) in [7, 11) is 1.86. The average molecular weight is 259 g/mol. The van der Waals surface area contributed by atoms with Gasteiger partial charge < -0.3 is 4.90 Å². The summed E-state index contributed by atoms with van der Waals surface area (Å²) in [5.74, 6) is 0. The van der Waals surface area contributed by atoms with Gasteiger partial charge in [0.05, 0.1) is 6.07 Å². The number of benzene rings is 1. The highest BCUT2D eigenvalue weighted by molar-refractivity contribution is 5.31. The van der Waals surface area contributed by atoms with E-state index in [9.17, 15) is 5.26 Å². The van der Waals surface area contributed by atoms with E-state index in [-0.39, 0.29) is 0 Å². The minimum Gasteiger partial charge on any atom is -0.300 e. The highest BCUT2D eigenvalue weighted by Gasteiger charge is 2.32. The minimum atomic E-state index is -0.620. The molecule has 0 bridgehead atoms. The lowest BCUT2D eigenvalue weighted by Crippen LogP contribution is -2.49. The van der Waals surface area contributed by atoms with E-state index < -0.39 is 5.54 Å². The van der Waals surface area contributed by atoms with E-state index in [1.165, 1.54) is 12.8 Å². The lowest BCUT2D eigenvalue weighted by atomic mass is 9.90. The van der Waals surface area contributed by atoms with Gasteiger partial charge in [0, 0.05) is 6.54 Å². The Balaban J connectivity index is 2.91. The van der Waals surface area contributed by atoms with Gasteiger partial charge >= 0.3 is 0 Å². The largest absolute Gasteiger partial charge is 0.300 e. The van der Waals surface area contributed by atoms with Gasteiger partial charge in [0.1, 0.15) is 5.54 Å². The van der Waals surface area contributed by atoms with Crippen molar-refractivity contribution in [1.29, 1.82) is 5.26 Å². The molecular formula is C16H25N3. The Bertz CT molecular complexity index is 396. The van der Waals surface area contributed by atoms with E-state index in [0.717, 1.165) is 25.2 Å². The van der Waals surface area contributed by atoms with Crippen molar-refractivity contribution in [3.8, 4) is 6.07 Å². The fourth-order valence-corrected chi connectivity index (χ4v) is 2.26. The maximum absolute atomic E-state index is 9.66. The van der Waals surface area contributed by atoms with Crippen molar-refractivity contribution in [1.82, 2.24) is 10.2 Å².